The summed E-state index contributed by atoms with van der Waals surface area (Å²) >= 11 is 1.54. The van der Waals surface area contributed by atoms with Crippen molar-refractivity contribution in [2.24, 2.45) is 0 Å². The van der Waals surface area contributed by atoms with Gasteiger partial charge in [0.25, 0.3) is 5.91 Å². The molecule has 2 atom stereocenters. The van der Waals surface area contributed by atoms with Crippen molar-refractivity contribution < 1.29 is 14.6 Å². The molecule has 0 radical (unpaired) electrons. The number of aliphatic hydroxyl groups excluding tert-OH is 1. The normalized spacial score (nSPS) is 19.8. The third-order valence-corrected chi connectivity index (χ3v) is 6.05. The van der Waals surface area contributed by atoms with Crippen LogP contribution in [-0.2, 0) is 4.79 Å². The fraction of sp³-hybridized carbons (Fsp3) is 0.381. The number of carbonyl (C=O) groups is 1. The number of ether oxygens (including phenoxy) is 1. The van der Waals surface area contributed by atoms with Crippen molar-refractivity contribution in [2.45, 2.75) is 23.2 Å². The average Bonchev–Trinajstić information content (AvgIpc) is 2.75. The first-order chi connectivity index (χ1) is 12.9. The van der Waals surface area contributed by atoms with Gasteiger partial charge in [-0.15, -0.1) is 11.8 Å². The van der Waals surface area contributed by atoms with Crippen molar-refractivity contribution in [3.63, 3.8) is 0 Å². The molecule has 0 unspecified atom stereocenters. The lowest BCUT2D eigenvalue weighted by Crippen LogP contribution is -2.43. The van der Waals surface area contributed by atoms with Gasteiger partial charge in [0.05, 0.1) is 18.0 Å². The molecule has 3 rings (SSSR count). The van der Waals surface area contributed by atoms with Crippen LogP contribution in [0.3, 0.4) is 0 Å². The van der Waals surface area contributed by atoms with E-state index in [1.165, 1.54) is 0 Å². The van der Waals surface area contributed by atoms with Crippen molar-refractivity contribution in [1.29, 1.82) is 0 Å². The number of fused-ring (bicyclic) bond motifs is 1. The molecule has 27 heavy (non-hydrogen) atoms. The van der Waals surface area contributed by atoms with E-state index in [2.05, 4.69) is 6.07 Å². The Bertz CT molecular complexity index is 808. The topological polar surface area (TPSA) is 53.0 Å². The van der Waals surface area contributed by atoms with Gasteiger partial charge in [0.2, 0.25) is 0 Å². The summed E-state index contributed by atoms with van der Waals surface area (Å²) in [5.41, 5.74) is 2.90. The summed E-state index contributed by atoms with van der Waals surface area (Å²) < 4.78 is 5.22. The molecular formula is C21H26N2O3S. The fourth-order valence-corrected chi connectivity index (χ4v) is 4.49. The summed E-state index contributed by atoms with van der Waals surface area (Å²) in [6.45, 7) is 3.30. The highest BCUT2D eigenvalue weighted by molar-refractivity contribution is 7.99. The Morgan fingerprint density at radius 1 is 1.19 bits per heavy atom. The number of benzene rings is 2. The highest BCUT2D eigenvalue weighted by Crippen LogP contribution is 2.46. The molecule has 1 aliphatic rings. The lowest BCUT2D eigenvalue weighted by Gasteiger charge is -2.26. The second-order valence-electron chi connectivity index (χ2n) is 7.02. The van der Waals surface area contributed by atoms with E-state index in [4.69, 9.17) is 4.74 Å². The van der Waals surface area contributed by atoms with Crippen LogP contribution in [0.5, 0.6) is 5.75 Å². The van der Waals surface area contributed by atoms with Gasteiger partial charge in [-0.25, -0.2) is 0 Å². The van der Waals surface area contributed by atoms with Crippen LogP contribution in [0.25, 0.3) is 0 Å². The van der Waals surface area contributed by atoms with Crippen LogP contribution in [0.2, 0.25) is 0 Å². The Morgan fingerprint density at radius 3 is 2.52 bits per heavy atom. The zero-order valence-electron chi connectivity index (χ0n) is 16.2. The minimum absolute atomic E-state index is 0.257. The lowest BCUT2D eigenvalue weighted by molar-refractivity contribution is -0.126. The number of methoxy groups -OCH3 is 1. The van der Waals surface area contributed by atoms with E-state index in [-0.39, 0.29) is 11.2 Å². The fourth-order valence-electron chi connectivity index (χ4n) is 3.12. The molecule has 2 aromatic rings. The van der Waals surface area contributed by atoms with Crippen LogP contribution < -0.4 is 9.64 Å². The number of carbonyl (C=O) groups excluding carboxylic acids is 1. The van der Waals surface area contributed by atoms with Crippen LogP contribution in [0.1, 0.15) is 16.4 Å². The molecule has 1 N–H and O–H groups in total. The summed E-state index contributed by atoms with van der Waals surface area (Å²) in [4.78, 5) is 17.9. The van der Waals surface area contributed by atoms with Gasteiger partial charge in [-0.05, 0) is 56.4 Å². The molecule has 1 heterocycles. The lowest BCUT2D eigenvalue weighted by atomic mass is 10.1. The molecule has 144 valence electrons. The molecule has 0 aromatic heterocycles. The van der Waals surface area contributed by atoms with Crippen LogP contribution in [0, 0.1) is 6.92 Å². The maximum absolute atomic E-state index is 13.1. The molecule has 0 fully saturated rings. The van der Waals surface area contributed by atoms with Gasteiger partial charge in [-0.3, -0.25) is 4.79 Å². The Hall–Kier alpha value is -2.02. The minimum atomic E-state index is -1.11. The molecule has 0 saturated heterocycles. The molecule has 1 aliphatic heterocycles. The summed E-state index contributed by atoms with van der Waals surface area (Å²) in [5, 5.41) is 10.6. The van der Waals surface area contributed by atoms with Gasteiger partial charge < -0.3 is 19.6 Å². The Labute approximate surface area is 164 Å². The van der Waals surface area contributed by atoms with Gasteiger partial charge in [0.1, 0.15) is 11.9 Å². The number of amides is 1. The van der Waals surface area contributed by atoms with Crippen molar-refractivity contribution in [3.8, 4) is 5.75 Å². The van der Waals surface area contributed by atoms with Crippen molar-refractivity contribution in [2.75, 3.05) is 39.2 Å². The minimum Gasteiger partial charge on any atom is -0.497 e. The molecule has 0 aliphatic carbocycles. The van der Waals surface area contributed by atoms with E-state index in [9.17, 15) is 9.90 Å². The first-order valence-corrected chi connectivity index (χ1v) is 9.84. The number of nitrogens with zero attached hydrogens (tertiary/aromatic N) is 2. The van der Waals surface area contributed by atoms with Crippen molar-refractivity contribution in [1.82, 2.24) is 4.90 Å². The highest BCUT2D eigenvalue weighted by Gasteiger charge is 2.37. The number of likely N-dealkylation sites (N-methyl/N-ethyl adjacent to an activating group) is 1. The van der Waals surface area contributed by atoms with Crippen molar-refractivity contribution in [3.05, 3.63) is 53.6 Å². The zero-order chi connectivity index (χ0) is 19.6. The third-order valence-electron chi connectivity index (χ3n) is 4.68. The smallest absolute Gasteiger partial charge is 0.257 e. The van der Waals surface area contributed by atoms with Gasteiger partial charge in [-0.2, -0.15) is 0 Å². The van der Waals surface area contributed by atoms with E-state index in [0.29, 0.717) is 6.54 Å². The zero-order valence-corrected chi connectivity index (χ0v) is 17.0. The largest absolute Gasteiger partial charge is 0.497 e. The quantitative estimate of drug-likeness (QED) is 0.856. The van der Waals surface area contributed by atoms with Crippen LogP contribution in [0.15, 0.2) is 47.4 Å². The molecule has 5 nitrogen and oxygen atoms in total. The van der Waals surface area contributed by atoms with Gasteiger partial charge >= 0.3 is 0 Å². The predicted molar refractivity (Wildman–Crippen MR) is 110 cm³/mol. The Balaban J connectivity index is 2.01. The van der Waals surface area contributed by atoms with E-state index >= 15 is 0 Å². The van der Waals surface area contributed by atoms with E-state index in [0.717, 1.165) is 34.0 Å². The molecule has 6 heteroatoms. The molecule has 0 saturated carbocycles. The predicted octanol–water partition coefficient (Wildman–Crippen LogP) is 3.11. The van der Waals surface area contributed by atoms with E-state index < -0.39 is 6.10 Å². The van der Waals surface area contributed by atoms with Crippen LogP contribution in [0.4, 0.5) is 5.69 Å². The summed E-state index contributed by atoms with van der Waals surface area (Å²) in [7, 11) is 5.57. The number of hydrogen-bond donors (Lipinski definition) is 1. The van der Waals surface area contributed by atoms with Crippen LogP contribution in [-0.4, -0.2) is 56.3 Å². The molecule has 2 aromatic carbocycles. The standard InChI is InChI=1S/C21H26N2O3S/c1-14-5-10-17-18(13-14)27-20(15-6-8-16(26-4)9-7-15)19(24)21(25)23(17)12-11-22(2)3/h5-10,13,19-20,24H,11-12H2,1-4H3/t19-,20+/m1/s1. The maximum atomic E-state index is 13.1. The van der Waals surface area contributed by atoms with Crippen LogP contribution >= 0.6 is 11.8 Å². The Morgan fingerprint density at radius 2 is 1.89 bits per heavy atom. The van der Waals surface area contributed by atoms with E-state index in [1.807, 2.05) is 62.3 Å². The number of anilines is 1. The number of rotatable bonds is 5. The van der Waals surface area contributed by atoms with Crippen molar-refractivity contribution >= 4 is 23.4 Å². The molecule has 1 amide bonds. The Kier molecular flexibility index (Phi) is 6.09. The molecular weight excluding hydrogens is 360 g/mol. The van der Waals surface area contributed by atoms with Gasteiger partial charge in [-0.1, -0.05) is 18.2 Å². The third kappa shape index (κ3) is 4.29. The first kappa shape index (κ1) is 19.7. The number of aliphatic hydroxyl groups is 1. The second kappa shape index (κ2) is 8.33. The molecule has 0 spiro atoms. The number of thioether (sulfide) groups is 1. The molecule has 0 bridgehead atoms. The number of aryl methyl sites for hydroxylation is 1. The monoisotopic (exact) mass is 386 g/mol. The summed E-state index contributed by atoms with van der Waals surface area (Å²) in [6, 6.07) is 13.6. The number of hydrogen-bond acceptors (Lipinski definition) is 5. The summed E-state index contributed by atoms with van der Waals surface area (Å²) in [6.07, 6.45) is -1.11. The maximum Gasteiger partial charge on any atom is 0.257 e. The van der Waals surface area contributed by atoms with Gasteiger partial charge in [0, 0.05) is 18.0 Å². The van der Waals surface area contributed by atoms with Gasteiger partial charge in [0.15, 0.2) is 0 Å². The summed E-state index contributed by atoms with van der Waals surface area (Å²) in [5.74, 6) is 0.495. The average molecular weight is 387 g/mol. The SMILES string of the molecule is COc1ccc([C@@H]2Sc3cc(C)ccc3N(CCN(C)C)C(=O)[C@@H]2O)cc1. The first-order valence-electron chi connectivity index (χ1n) is 8.96. The van der Waals surface area contributed by atoms with E-state index in [1.54, 1.807) is 23.8 Å². The highest BCUT2D eigenvalue weighted by atomic mass is 32.2. The second-order valence-corrected chi connectivity index (χ2v) is 8.20.